The number of hydrogen-bond donors (Lipinski definition) is 0. The van der Waals surface area contributed by atoms with E-state index in [2.05, 4.69) is 252 Å². The Balaban J connectivity index is 1.16. The number of anilines is 6. The second-order valence-electron chi connectivity index (χ2n) is 16.0. The van der Waals surface area contributed by atoms with Crippen LogP contribution in [0.5, 0.6) is 0 Å². The zero-order valence-electron chi connectivity index (χ0n) is 33.5. The van der Waals surface area contributed by atoms with Gasteiger partial charge in [0.05, 0.1) is 16.8 Å². The number of nitrogens with zero attached hydrogens (tertiary/aromatic N) is 2. The zero-order valence-corrected chi connectivity index (χ0v) is 33.5. The minimum atomic E-state index is -0.565. The van der Waals surface area contributed by atoms with Crippen molar-refractivity contribution in [3.05, 3.63) is 265 Å². The average molecular weight is 777 g/mol. The molecule has 1 spiro atoms. The highest BCUT2D eigenvalue weighted by Crippen LogP contribution is 2.66. The minimum Gasteiger partial charge on any atom is -0.310 e. The van der Waals surface area contributed by atoms with Gasteiger partial charge in [-0.3, -0.25) is 0 Å². The molecule has 1 unspecified atom stereocenters. The number of para-hydroxylation sites is 3. The lowest BCUT2D eigenvalue weighted by Crippen LogP contribution is -2.26. The van der Waals surface area contributed by atoms with Crippen molar-refractivity contribution in [3.63, 3.8) is 0 Å². The molecular formula is C59H40N2. The van der Waals surface area contributed by atoms with Gasteiger partial charge in [-0.05, 0) is 116 Å². The summed E-state index contributed by atoms with van der Waals surface area (Å²) in [5, 5.41) is 2.47. The van der Waals surface area contributed by atoms with Crippen LogP contribution in [0.1, 0.15) is 22.3 Å². The van der Waals surface area contributed by atoms with E-state index in [1.165, 1.54) is 66.4 Å². The molecule has 61 heavy (non-hydrogen) atoms. The summed E-state index contributed by atoms with van der Waals surface area (Å²) in [5.74, 6) is 0. The maximum Gasteiger partial charge on any atom is 0.0732 e. The molecule has 0 aromatic heterocycles. The lowest BCUT2D eigenvalue weighted by Gasteiger charge is -2.33. The Morgan fingerprint density at radius 2 is 0.738 bits per heavy atom. The van der Waals surface area contributed by atoms with Gasteiger partial charge in [0, 0.05) is 33.7 Å². The van der Waals surface area contributed by atoms with Crippen molar-refractivity contribution >= 4 is 44.9 Å². The molecule has 12 rings (SSSR count). The predicted molar refractivity (Wildman–Crippen MR) is 255 cm³/mol. The molecule has 0 saturated heterocycles. The molecule has 2 nitrogen and oxygen atoms in total. The van der Waals surface area contributed by atoms with E-state index in [1.807, 2.05) is 0 Å². The first-order valence-corrected chi connectivity index (χ1v) is 21.1. The Hall–Kier alpha value is -7.94. The summed E-state index contributed by atoms with van der Waals surface area (Å²) >= 11 is 0. The fourth-order valence-corrected chi connectivity index (χ4v) is 10.4. The van der Waals surface area contributed by atoms with Gasteiger partial charge in [0.25, 0.3) is 0 Å². The zero-order chi connectivity index (χ0) is 40.3. The van der Waals surface area contributed by atoms with Crippen LogP contribution in [0, 0.1) is 0 Å². The Labute approximate surface area is 356 Å². The number of rotatable bonds is 7. The molecule has 0 bridgehead atoms. The Morgan fingerprint density at radius 3 is 1.39 bits per heavy atom. The van der Waals surface area contributed by atoms with Crippen LogP contribution in [-0.2, 0) is 5.41 Å². The molecule has 2 aliphatic carbocycles. The predicted octanol–water partition coefficient (Wildman–Crippen LogP) is 15.8. The highest BCUT2D eigenvalue weighted by atomic mass is 15.2. The fraction of sp³-hybridized carbons (Fsp3) is 0.0169. The number of hydrogen-bond acceptors (Lipinski definition) is 2. The van der Waals surface area contributed by atoms with Gasteiger partial charge in [-0.2, -0.15) is 0 Å². The lowest BCUT2D eigenvalue weighted by atomic mass is 9.69. The summed E-state index contributed by atoms with van der Waals surface area (Å²) in [7, 11) is 0. The molecule has 0 radical (unpaired) electrons. The van der Waals surface area contributed by atoms with Gasteiger partial charge in [-0.15, -0.1) is 0 Å². The average Bonchev–Trinajstić information content (AvgIpc) is 3.81. The van der Waals surface area contributed by atoms with Crippen LogP contribution in [0.4, 0.5) is 34.1 Å². The Bertz CT molecular complexity index is 3210. The molecule has 1 atom stereocenters. The van der Waals surface area contributed by atoms with Crippen molar-refractivity contribution in [1.82, 2.24) is 0 Å². The monoisotopic (exact) mass is 776 g/mol. The molecule has 10 aromatic carbocycles. The maximum absolute atomic E-state index is 2.47. The van der Waals surface area contributed by atoms with Crippen LogP contribution in [0.25, 0.3) is 44.2 Å². The van der Waals surface area contributed by atoms with Gasteiger partial charge in [-0.25, -0.2) is 0 Å². The normalized spacial score (nSPS) is 14.3. The van der Waals surface area contributed by atoms with E-state index >= 15 is 0 Å². The first-order valence-electron chi connectivity index (χ1n) is 21.1. The Morgan fingerprint density at radius 1 is 0.279 bits per heavy atom. The van der Waals surface area contributed by atoms with Gasteiger partial charge in [0.1, 0.15) is 0 Å². The fourth-order valence-electron chi connectivity index (χ4n) is 10.4. The van der Waals surface area contributed by atoms with Crippen LogP contribution in [0.2, 0.25) is 0 Å². The quantitative estimate of drug-likeness (QED) is 0.159. The van der Waals surface area contributed by atoms with Crippen LogP contribution in [0.3, 0.4) is 0 Å². The van der Waals surface area contributed by atoms with E-state index in [0.29, 0.717) is 0 Å². The second kappa shape index (κ2) is 14.1. The molecule has 2 aliphatic rings. The van der Waals surface area contributed by atoms with Gasteiger partial charge in [0.15, 0.2) is 0 Å². The molecule has 0 fully saturated rings. The van der Waals surface area contributed by atoms with Gasteiger partial charge >= 0.3 is 0 Å². The third-order valence-corrected chi connectivity index (χ3v) is 12.8. The second-order valence-corrected chi connectivity index (χ2v) is 16.0. The molecule has 286 valence electrons. The van der Waals surface area contributed by atoms with E-state index in [-0.39, 0.29) is 0 Å². The Kier molecular flexibility index (Phi) is 8.11. The van der Waals surface area contributed by atoms with E-state index in [9.17, 15) is 0 Å². The maximum atomic E-state index is 2.47. The third kappa shape index (κ3) is 5.29. The molecule has 2 heteroatoms. The molecule has 0 N–H and O–H groups in total. The summed E-state index contributed by atoms with van der Waals surface area (Å²) in [6, 6.07) is 88.9. The van der Waals surface area contributed by atoms with E-state index in [0.717, 1.165) is 34.1 Å². The summed E-state index contributed by atoms with van der Waals surface area (Å²) in [6.45, 7) is 0. The lowest BCUT2D eigenvalue weighted by molar-refractivity contribution is 0.801. The summed E-state index contributed by atoms with van der Waals surface area (Å²) in [5.41, 5.74) is 19.0. The van der Waals surface area contributed by atoms with Crippen molar-refractivity contribution in [3.8, 4) is 33.4 Å². The van der Waals surface area contributed by atoms with E-state index in [4.69, 9.17) is 0 Å². The van der Waals surface area contributed by atoms with Gasteiger partial charge < -0.3 is 9.80 Å². The number of fused-ring (bicyclic) bond motifs is 12. The van der Waals surface area contributed by atoms with Crippen LogP contribution < -0.4 is 9.80 Å². The first kappa shape index (κ1) is 35.0. The van der Waals surface area contributed by atoms with Crippen LogP contribution in [-0.4, -0.2) is 0 Å². The third-order valence-electron chi connectivity index (χ3n) is 12.8. The van der Waals surface area contributed by atoms with Crippen LogP contribution >= 0.6 is 0 Å². The van der Waals surface area contributed by atoms with Gasteiger partial charge in [0.2, 0.25) is 0 Å². The topological polar surface area (TPSA) is 6.48 Å². The first-order chi connectivity index (χ1) is 30.3. The van der Waals surface area contributed by atoms with Crippen molar-refractivity contribution in [2.75, 3.05) is 9.80 Å². The highest BCUT2D eigenvalue weighted by molar-refractivity contribution is 6.11. The van der Waals surface area contributed by atoms with Crippen molar-refractivity contribution < 1.29 is 0 Å². The van der Waals surface area contributed by atoms with Gasteiger partial charge in [-0.1, -0.05) is 182 Å². The minimum absolute atomic E-state index is 0.565. The van der Waals surface area contributed by atoms with Crippen LogP contribution in [0.15, 0.2) is 243 Å². The smallest absolute Gasteiger partial charge is 0.0732 e. The van der Waals surface area contributed by atoms with Crippen molar-refractivity contribution in [2.45, 2.75) is 5.41 Å². The molecule has 10 aromatic rings. The summed E-state index contributed by atoms with van der Waals surface area (Å²) in [6.07, 6.45) is 0. The molecule has 0 aliphatic heterocycles. The highest BCUT2D eigenvalue weighted by Gasteiger charge is 2.53. The molecule has 0 heterocycles. The SMILES string of the molecule is c1ccc(-c2cccc(N(c3ccccc3)c3cccc4c3-c3ccccc3C43c4ccccc4-c4cc(N(c5ccccc5)c5ccccc5)c5ccccc5c43)c2)cc1. The standard InChI is InChI=1S/C59H40N2/c1-5-21-41(22-6-1)42-23-19-30-46(39-42)61(45-28-11-4-12-29-45)55-38-20-37-54-57(55)50-34-16-18-36-53(50)59(54)52-35-17-15-31-47(52)51-40-56(48-32-13-14-33-49(48)58(51)59)60(43-24-7-2-8-25-43)44-26-9-3-10-27-44/h1-40H. The number of benzene rings is 10. The summed E-state index contributed by atoms with van der Waals surface area (Å²) in [4.78, 5) is 4.88. The molecule has 0 saturated carbocycles. The molecule has 0 amide bonds. The largest absolute Gasteiger partial charge is 0.310 e. The summed E-state index contributed by atoms with van der Waals surface area (Å²) < 4.78 is 0. The van der Waals surface area contributed by atoms with Crippen molar-refractivity contribution in [1.29, 1.82) is 0 Å². The van der Waals surface area contributed by atoms with E-state index in [1.54, 1.807) is 0 Å². The van der Waals surface area contributed by atoms with Crippen molar-refractivity contribution in [2.24, 2.45) is 0 Å². The van der Waals surface area contributed by atoms with E-state index < -0.39 is 5.41 Å². The molecular weight excluding hydrogens is 737 g/mol.